The van der Waals surface area contributed by atoms with Crippen LogP contribution in [0.1, 0.15) is 37.6 Å². The molecule has 0 aliphatic rings. The highest BCUT2D eigenvalue weighted by molar-refractivity contribution is 5.99. The molecule has 0 fully saturated rings. The van der Waals surface area contributed by atoms with E-state index in [0.717, 1.165) is 17.7 Å². The monoisotopic (exact) mass is 248 g/mol. The summed E-state index contributed by atoms with van der Waals surface area (Å²) in [5.74, 6) is 0.578. The topological polar surface area (TPSA) is 32.3 Å². The summed E-state index contributed by atoms with van der Waals surface area (Å²) >= 11 is 0. The van der Waals surface area contributed by atoms with Gasteiger partial charge in [-0.1, -0.05) is 32.9 Å². The number of rotatable bonds is 5. The van der Waals surface area contributed by atoms with E-state index in [1.807, 2.05) is 24.3 Å². The minimum atomic E-state index is 0.0386. The maximum atomic E-state index is 12.1. The third-order valence-corrected chi connectivity index (χ3v) is 3.15. The van der Waals surface area contributed by atoms with E-state index >= 15 is 0 Å². The Bertz CT molecular complexity index is 399. The zero-order valence-corrected chi connectivity index (χ0v) is 12.0. The lowest BCUT2D eigenvalue weighted by Gasteiger charge is -2.24. The van der Waals surface area contributed by atoms with Crippen LogP contribution in [0, 0.1) is 5.92 Å². The van der Waals surface area contributed by atoms with E-state index in [0.29, 0.717) is 12.0 Å². The molecule has 0 heterocycles. The van der Waals surface area contributed by atoms with Gasteiger partial charge >= 0.3 is 0 Å². The van der Waals surface area contributed by atoms with Crippen LogP contribution in [0.4, 0.5) is 5.69 Å². The standard InChI is InChI=1S/C15H24N2O/c1-6-13(11(2)3)16-14-10-8-7-9-12(14)15(18)17(4)5/h7-11,13,16H,6H2,1-5H3. The van der Waals surface area contributed by atoms with Gasteiger partial charge in [-0.2, -0.15) is 0 Å². The van der Waals surface area contributed by atoms with Crippen molar-refractivity contribution in [2.24, 2.45) is 5.92 Å². The minimum absolute atomic E-state index is 0.0386. The van der Waals surface area contributed by atoms with E-state index in [4.69, 9.17) is 0 Å². The van der Waals surface area contributed by atoms with Gasteiger partial charge < -0.3 is 10.2 Å². The molecule has 1 aromatic rings. The molecule has 0 bridgehead atoms. The van der Waals surface area contributed by atoms with Gasteiger partial charge in [0.05, 0.1) is 5.56 Å². The quantitative estimate of drug-likeness (QED) is 0.867. The zero-order valence-electron chi connectivity index (χ0n) is 12.0. The van der Waals surface area contributed by atoms with Crippen molar-refractivity contribution in [3.05, 3.63) is 29.8 Å². The maximum Gasteiger partial charge on any atom is 0.255 e. The molecule has 0 aliphatic heterocycles. The van der Waals surface area contributed by atoms with Crippen molar-refractivity contribution >= 4 is 11.6 Å². The van der Waals surface area contributed by atoms with Gasteiger partial charge in [0, 0.05) is 25.8 Å². The lowest BCUT2D eigenvalue weighted by molar-refractivity contribution is 0.0828. The second kappa shape index (κ2) is 6.43. The van der Waals surface area contributed by atoms with E-state index < -0.39 is 0 Å². The van der Waals surface area contributed by atoms with Crippen LogP contribution in [0.2, 0.25) is 0 Å². The van der Waals surface area contributed by atoms with E-state index in [-0.39, 0.29) is 5.91 Å². The molecule has 3 heteroatoms. The van der Waals surface area contributed by atoms with Crippen molar-refractivity contribution in [3.8, 4) is 0 Å². The summed E-state index contributed by atoms with van der Waals surface area (Å²) in [5.41, 5.74) is 1.67. The molecule has 1 N–H and O–H groups in total. The fraction of sp³-hybridized carbons (Fsp3) is 0.533. The van der Waals surface area contributed by atoms with Crippen molar-refractivity contribution in [3.63, 3.8) is 0 Å². The third kappa shape index (κ3) is 3.49. The summed E-state index contributed by atoms with van der Waals surface area (Å²) < 4.78 is 0. The number of hydrogen-bond donors (Lipinski definition) is 1. The SMILES string of the molecule is CCC(Nc1ccccc1C(=O)N(C)C)C(C)C. The first-order valence-corrected chi connectivity index (χ1v) is 6.54. The molecule has 0 saturated carbocycles. The number of hydrogen-bond acceptors (Lipinski definition) is 2. The van der Waals surface area contributed by atoms with Gasteiger partial charge in [0.25, 0.3) is 5.91 Å². The lowest BCUT2D eigenvalue weighted by Crippen LogP contribution is -2.28. The number of carbonyl (C=O) groups is 1. The summed E-state index contributed by atoms with van der Waals surface area (Å²) in [7, 11) is 3.55. The summed E-state index contributed by atoms with van der Waals surface area (Å²) in [5, 5.41) is 3.48. The Morgan fingerprint density at radius 3 is 2.39 bits per heavy atom. The third-order valence-electron chi connectivity index (χ3n) is 3.15. The first-order valence-electron chi connectivity index (χ1n) is 6.54. The van der Waals surface area contributed by atoms with Crippen LogP contribution in [0.15, 0.2) is 24.3 Å². The molecular formula is C15H24N2O. The Labute approximate surface area is 110 Å². The molecule has 0 aromatic heterocycles. The number of nitrogens with zero attached hydrogens (tertiary/aromatic N) is 1. The smallest absolute Gasteiger partial charge is 0.255 e. The molecule has 1 unspecified atom stereocenters. The molecule has 1 atom stereocenters. The molecule has 3 nitrogen and oxygen atoms in total. The number of amides is 1. The van der Waals surface area contributed by atoms with Crippen molar-refractivity contribution in [2.45, 2.75) is 33.2 Å². The first-order chi connectivity index (χ1) is 8.47. The summed E-state index contributed by atoms with van der Waals surface area (Å²) in [6, 6.07) is 8.10. The highest BCUT2D eigenvalue weighted by Gasteiger charge is 2.16. The normalized spacial score (nSPS) is 12.3. The van der Waals surface area contributed by atoms with Gasteiger partial charge in [0.15, 0.2) is 0 Å². The van der Waals surface area contributed by atoms with E-state index in [9.17, 15) is 4.79 Å². The molecule has 1 amide bonds. The van der Waals surface area contributed by atoms with Crippen molar-refractivity contribution in [2.75, 3.05) is 19.4 Å². The fourth-order valence-electron chi connectivity index (χ4n) is 1.98. The second-order valence-electron chi connectivity index (χ2n) is 5.15. The average Bonchev–Trinajstić information content (AvgIpc) is 2.35. The van der Waals surface area contributed by atoms with Crippen LogP contribution in [0.3, 0.4) is 0 Å². The van der Waals surface area contributed by atoms with Gasteiger partial charge in [-0.3, -0.25) is 4.79 Å². The highest BCUT2D eigenvalue weighted by Crippen LogP contribution is 2.20. The summed E-state index contributed by atoms with van der Waals surface area (Å²) in [6.45, 7) is 6.54. The molecule has 0 saturated heterocycles. The highest BCUT2D eigenvalue weighted by atomic mass is 16.2. The van der Waals surface area contributed by atoms with E-state index in [2.05, 4.69) is 26.1 Å². The number of nitrogens with one attached hydrogen (secondary N) is 1. The van der Waals surface area contributed by atoms with Crippen molar-refractivity contribution in [1.29, 1.82) is 0 Å². The Balaban J connectivity index is 2.98. The molecule has 18 heavy (non-hydrogen) atoms. The van der Waals surface area contributed by atoms with Crippen LogP contribution in [-0.4, -0.2) is 30.9 Å². The van der Waals surface area contributed by atoms with Gasteiger partial charge in [-0.15, -0.1) is 0 Å². The minimum Gasteiger partial charge on any atom is -0.381 e. The molecule has 1 aromatic carbocycles. The van der Waals surface area contributed by atoms with Crippen LogP contribution < -0.4 is 5.32 Å². The molecule has 0 radical (unpaired) electrons. The number of carbonyl (C=O) groups excluding carboxylic acids is 1. The van der Waals surface area contributed by atoms with Crippen LogP contribution in [0.5, 0.6) is 0 Å². The predicted octanol–water partition coefficient (Wildman–Crippen LogP) is 3.23. The fourth-order valence-corrected chi connectivity index (χ4v) is 1.98. The van der Waals surface area contributed by atoms with Gasteiger partial charge in [0.1, 0.15) is 0 Å². The van der Waals surface area contributed by atoms with Gasteiger partial charge in [-0.25, -0.2) is 0 Å². The van der Waals surface area contributed by atoms with E-state index in [1.54, 1.807) is 19.0 Å². The largest absolute Gasteiger partial charge is 0.381 e. The Hall–Kier alpha value is -1.51. The van der Waals surface area contributed by atoms with Gasteiger partial charge in [-0.05, 0) is 24.5 Å². The predicted molar refractivity (Wildman–Crippen MR) is 77.0 cm³/mol. The second-order valence-corrected chi connectivity index (χ2v) is 5.15. The van der Waals surface area contributed by atoms with Crippen molar-refractivity contribution < 1.29 is 4.79 Å². The molecule has 1 rings (SSSR count). The zero-order chi connectivity index (χ0) is 13.7. The molecular weight excluding hydrogens is 224 g/mol. The maximum absolute atomic E-state index is 12.1. The Morgan fingerprint density at radius 2 is 1.89 bits per heavy atom. The van der Waals surface area contributed by atoms with Crippen LogP contribution in [-0.2, 0) is 0 Å². The summed E-state index contributed by atoms with van der Waals surface area (Å²) in [6.07, 6.45) is 1.04. The summed E-state index contributed by atoms with van der Waals surface area (Å²) in [4.78, 5) is 13.7. The Morgan fingerprint density at radius 1 is 1.28 bits per heavy atom. The number of benzene rings is 1. The number of anilines is 1. The lowest BCUT2D eigenvalue weighted by atomic mass is 10.0. The van der Waals surface area contributed by atoms with Crippen LogP contribution in [0.25, 0.3) is 0 Å². The van der Waals surface area contributed by atoms with E-state index in [1.165, 1.54) is 0 Å². The average molecular weight is 248 g/mol. The van der Waals surface area contributed by atoms with Crippen LogP contribution >= 0.6 is 0 Å². The Kier molecular flexibility index (Phi) is 5.20. The number of para-hydroxylation sites is 1. The molecule has 100 valence electrons. The molecule has 0 spiro atoms. The van der Waals surface area contributed by atoms with Crippen molar-refractivity contribution in [1.82, 2.24) is 4.90 Å². The first kappa shape index (κ1) is 14.6. The van der Waals surface area contributed by atoms with Gasteiger partial charge in [0.2, 0.25) is 0 Å². The molecule has 0 aliphatic carbocycles.